The molecule has 2 aromatic rings. The van der Waals surface area contributed by atoms with E-state index in [1.165, 1.54) is 12.1 Å². The van der Waals surface area contributed by atoms with E-state index in [4.69, 9.17) is 21.1 Å². The number of amides is 1. The summed E-state index contributed by atoms with van der Waals surface area (Å²) in [5.41, 5.74) is 1.61. The quantitative estimate of drug-likeness (QED) is 0.773. The van der Waals surface area contributed by atoms with Crippen LogP contribution in [0.15, 0.2) is 36.4 Å². The molecule has 2 aromatic carbocycles. The lowest BCUT2D eigenvalue weighted by molar-refractivity contribution is -0.133. The van der Waals surface area contributed by atoms with E-state index in [2.05, 4.69) is 0 Å². The second kappa shape index (κ2) is 7.93. The fourth-order valence-corrected chi connectivity index (χ4v) is 2.94. The molecule has 0 aromatic heterocycles. The predicted molar refractivity (Wildman–Crippen MR) is 96.8 cm³/mol. The summed E-state index contributed by atoms with van der Waals surface area (Å²) < 4.78 is 24.0. The fraction of sp³-hybridized carbons (Fsp3) is 0.316. The number of halogens is 2. The zero-order chi connectivity index (χ0) is 18.7. The first-order valence-corrected chi connectivity index (χ1v) is 8.55. The molecule has 0 radical (unpaired) electrons. The lowest BCUT2D eigenvalue weighted by Crippen LogP contribution is -2.37. The number of hydrogen-bond acceptors (Lipinski definition) is 4. The van der Waals surface area contributed by atoms with Crippen LogP contribution in [0.1, 0.15) is 11.1 Å². The van der Waals surface area contributed by atoms with E-state index in [-0.39, 0.29) is 19.2 Å². The normalized spacial score (nSPS) is 12.5. The highest BCUT2D eigenvalue weighted by Crippen LogP contribution is 2.33. The molecule has 0 saturated heterocycles. The molecule has 1 aliphatic rings. The van der Waals surface area contributed by atoms with Crippen molar-refractivity contribution in [2.45, 2.75) is 13.1 Å². The summed E-state index contributed by atoms with van der Waals surface area (Å²) in [5.74, 6) is 0.914. The highest BCUT2D eigenvalue weighted by molar-refractivity contribution is 6.31. The minimum atomic E-state index is -0.402. The van der Waals surface area contributed by atoms with Crippen LogP contribution in [0.3, 0.4) is 0 Å². The van der Waals surface area contributed by atoms with Gasteiger partial charge in [0.1, 0.15) is 5.82 Å². The standard InChI is InChI=1S/C19H20ClFN2O3/c1-22(2)11-19(24)23(10-14-4-5-15(21)8-16(14)20)9-13-3-6-17-18(7-13)26-12-25-17/h3-8H,9-12H2,1-2H3. The van der Waals surface area contributed by atoms with Crippen molar-refractivity contribution in [3.8, 4) is 11.5 Å². The highest BCUT2D eigenvalue weighted by atomic mass is 35.5. The maximum atomic E-state index is 13.3. The van der Waals surface area contributed by atoms with Crippen LogP contribution in [0.25, 0.3) is 0 Å². The molecule has 7 heteroatoms. The van der Waals surface area contributed by atoms with Gasteiger partial charge in [-0.2, -0.15) is 0 Å². The average Bonchev–Trinajstić information content (AvgIpc) is 3.03. The van der Waals surface area contributed by atoms with Crippen molar-refractivity contribution in [1.82, 2.24) is 9.80 Å². The second-order valence-electron chi connectivity index (χ2n) is 6.41. The lowest BCUT2D eigenvalue weighted by atomic mass is 10.1. The summed E-state index contributed by atoms with van der Waals surface area (Å²) in [7, 11) is 3.67. The van der Waals surface area contributed by atoms with Crippen LogP contribution in [-0.4, -0.2) is 43.1 Å². The number of nitrogens with zero attached hydrogens (tertiary/aromatic N) is 2. The molecular weight excluding hydrogens is 359 g/mol. The van der Waals surface area contributed by atoms with Crippen LogP contribution in [0.2, 0.25) is 5.02 Å². The summed E-state index contributed by atoms with van der Waals surface area (Å²) in [6.07, 6.45) is 0. The number of likely N-dealkylation sites (N-methyl/N-ethyl adjacent to an activating group) is 1. The van der Waals surface area contributed by atoms with Crippen molar-refractivity contribution < 1.29 is 18.7 Å². The van der Waals surface area contributed by atoms with Crippen LogP contribution < -0.4 is 9.47 Å². The van der Waals surface area contributed by atoms with E-state index in [0.29, 0.717) is 35.2 Å². The first-order valence-electron chi connectivity index (χ1n) is 8.17. The third kappa shape index (κ3) is 4.45. The van der Waals surface area contributed by atoms with E-state index in [1.807, 2.05) is 32.3 Å². The Morgan fingerprint density at radius 3 is 2.62 bits per heavy atom. The summed E-state index contributed by atoms with van der Waals surface area (Å²) >= 11 is 6.14. The van der Waals surface area contributed by atoms with E-state index in [9.17, 15) is 9.18 Å². The molecular formula is C19H20ClFN2O3. The monoisotopic (exact) mass is 378 g/mol. The SMILES string of the molecule is CN(C)CC(=O)N(Cc1ccc2c(c1)OCO2)Cc1ccc(F)cc1Cl. The summed E-state index contributed by atoms with van der Waals surface area (Å²) in [6.45, 7) is 1.15. The zero-order valence-corrected chi connectivity index (χ0v) is 15.4. The molecule has 5 nitrogen and oxygen atoms in total. The number of hydrogen-bond donors (Lipinski definition) is 0. The van der Waals surface area contributed by atoms with Crippen molar-refractivity contribution in [2.24, 2.45) is 0 Å². The van der Waals surface area contributed by atoms with Gasteiger partial charge >= 0.3 is 0 Å². The molecule has 0 aliphatic carbocycles. The Morgan fingerprint density at radius 1 is 1.12 bits per heavy atom. The van der Waals surface area contributed by atoms with Gasteiger partial charge in [0.2, 0.25) is 12.7 Å². The van der Waals surface area contributed by atoms with Gasteiger partial charge in [-0.15, -0.1) is 0 Å². The highest BCUT2D eigenvalue weighted by Gasteiger charge is 2.19. The molecule has 3 rings (SSSR count). The smallest absolute Gasteiger partial charge is 0.237 e. The molecule has 0 saturated carbocycles. The van der Waals surface area contributed by atoms with Crippen molar-refractivity contribution in [1.29, 1.82) is 0 Å². The van der Waals surface area contributed by atoms with Gasteiger partial charge in [0.25, 0.3) is 0 Å². The van der Waals surface area contributed by atoms with Crippen LogP contribution >= 0.6 is 11.6 Å². The molecule has 138 valence electrons. The predicted octanol–water partition coefficient (Wildman–Crippen LogP) is 3.30. The molecule has 26 heavy (non-hydrogen) atoms. The number of benzene rings is 2. The molecule has 0 fully saturated rings. The number of carbonyl (C=O) groups excluding carboxylic acids is 1. The van der Waals surface area contributed by atoms with Crippen LogP contribution in [0, 0.1) is 5.82 Å². The van der Waals surface area contributed by atoms with Gasteiger partial charge in [0, 0.05) is 18.1 Å². The molecule has 0 spiro atoms. The fourth-order valence-electron chi connectivity index (χ4n) is 2.72. The number of carbonyl (C=O) groups is 1. The molecule has 0 unspecified atom stereocenters. The first kappa shape index (κ1) is 18.5. The van der Waals surface area contributed by atoms with E-state index < -0.39 is 5.82 Å². The molecule has 0 atom stereocenters. The van der Waals surface area contributed by atoms with Crippen molar-refractivity contribution in [3.63, 3.8) is 0 Å². The van der Waals surface area contributed by atoms with Gasteiger partial charge in [0.05, 0.1) is 6.54 Å². The number of fused-ring (bicyclic) bond motifs is 1. The largest absolute Gasteiger partial charge is 0.454 e. The van der Waals surface area contributed by atoms with Gasteiger partial charge in [0.15, 0.2) is 11.5 Å². The molecule has 1 amide bonds. The van der Waals surface area contributed by atoms with Crippen molar-refractivity contribution in [2.75, 3.05) is 27.4 Å². The van der Waals surface area contributed by atoms with Gasteiger partial charge in [-0.25, -0.2) is 4.39 Å². The van der Waals surface area contributed by atoms with Crippen LogP contribution in [0.5, 0.6) is 11.5 Å². The minimum absolute atomic E-state index is 0.0481. The van der Waals surface area contributed by atoms with E-state index in [0.717, 1.165) is 5.56 Å². The maximum Gasteiger partial charge on any atom is 0.237 e. The second-order valence-corrected chi connectivity index (χ2v) is 6.82. The van der Waals surface area contributed by atoms with Crippen molar-refractivity contribution >= 4 is 17.5 Å². The minimum Gasteiger partial charge on any atom is -0.454 e. The van der Waals surface area contributed by atoms with E-state index >= 15 is 0 Å². The molecule has 1 aliphatic heterocycles. The van der Waals surface area contributed by atoms with Gasteiger partial charge in [-0.05, 0) is 49.5 Å². The third-order valence-corrected chi connectivity index (χ3v) is 4.34. The Bertz CT molecular complexity index is 813. The average molecular weight is 379 g/mol. The van der Waals surface area contributed by atoms with Crippen molar-refractivity contribution in [3.05, 3.63) is 58.4 Å². The van der Waals surface area contributed by atoms with Gasteiger partial charge < -0.3 is 19.3 Å². The summed E-state index contributed by atoms with van der Waals surface area (Å²) in [4.78, 5) is 16.2. The Kier molecular flexibility index (Phi) is 5.64. The summed E-state index contributed by atoms with van der Waals surface area (Å²) in [6, 6.07) is 9.80. The number of rotatable bonds is 6. The lowest BCUT2D eigenvalue weighted by Gasteiger charge is -2.25. The maximum absolute atomic E-state index is 13.3. The number of ether oxygens (including phenoxy) is 2. The Hall–Kier alpha value is -2.31. The van der Waals surface area contributed by atoms with Gasteiger partial charge in [-0.1, -0.05) is 23.7 Å². The Balaban J connectivity index is 1.82. The molecule has 0 N–H and O–H groups in total. The van der Waals surface area contributed by atoms with E-state index in [1.54, 1.807) is 15.9 Å². The Labute approximate surface area is 156 Å². The third-order valence-electron chi connectivity index (χ3n) is 3.99. The van der Waals surface area contributed by atoms with Gasteiger partial charge in [-0.3, -0.25) is 4.79 Å². The topological polar surface area (TPSA) is 42.0 Å². The zero-order valence-electron chi connectivity index (χ0n) is 14.7. The van der Waals surface area contributed by atoms with Crippen LogP contribution in [-0.2, 0) is 17.9 Å². The first-order chi connectivity index (χ1) is 12.4. The molecule has 0 bridgehead atoms. The van der Waals surface area contributed by atoms with Crippen LogP contribution in [0.4, 0.5) is 4.39 Å². The Morgan fingerprint density at radius 2 is 1.88 bits per heavy atom. The molecule has 1 heterocycles. The summed E-state index contributed by atoms with van der Waals surface area (Å²) in [5, 5.41) is 0.304.